The van der Waals surface area contributed by atoms with Gasteiger partial charge < -0.3 is 13.9 Å². The van der Waals surface area contributed by atoms with E-state index in [1.165, 1.54) is 31.1 Å². The van der Waals surface area contributed by atoms with Crippen molar-refractivity contribution in [3.05, 3.63) is 388 Å². The minimum absolute atomic E-state index is 0.521. The fraction of sp³-hybridized carbons (Fsp3) is 0. The molecule has 1 heterocycles. The summed E-state index contributed by atoms with van der Waals surface area (Å²) in [7, 11) is -19.2. The van der Waals surface area contributed by atoms with Crippen LogP contribution >= 0.6 is 14.3 Å². The molecule has 0 N–H and O–H groups in total. The number of fused-ring (bicyclic) bond motifs is 2. The second-order valence-corrected chi connectivity index (χ2v) is 40.4. The summed E-state index contributed by atoms with van der Waals surface area (Å²) in [6.45, 7) is 0. The van der Waals surface area contributed by atoms with Crippen molar-refractivity contribution >= 4 is 133 Å². The normalized spacial score (nSPS) is 12.8. The summed E-state index contributed by atoms with van der Waals surface area (Å²) in [5.41, 5.74) is 0. The van der Waals surface area contributed by atoms with Gasteiger partial charge in [-0.3, -0.25) is 0 Å². The molecule has 1 aliphatic rings. The topological polar surface area (TPSA) is 43.4 Å². The third-order valence-corrected chi connectivity index (χ3v) is 39.2. The van der Waals surface area contributed by atoms with Gasteiger partial charge in [-0.1, -0.05) is 376 Å². The van der Waals surface area contributed by atoms with Gasteiger partial charge in [-0.15, -0.1) is 0 Å². The smallest absolute Gasteiger partial charge is 0.188 e. The van der Waals surface area contributed by atoms with Gasteiger partial charge in [0.25, 0.3) is 0 Å². The molecule has 440 valence electrons. The lowest BCUT2D eigenvalue weighted by Crippen LogP contribution is -2.81. The van der Waals surface area contributed by atoms with Crippen LogP contribution in [0.2, 0.25) is 0 Å². The Morgan fingerprint density at radius 3 is 0.641 bits per heavy atom. The van der Waals surface area contributed by atoms with Crippen LogP contribution in [0.15, 0.2) is 388 Å². The first-order chi connectivity index (χ1) is 45.4. The molecule has 0 atom stereocenters. The molecule has 0 radical (unpaired) electrons. The van der Waals surface area contributed by atoms with Crippen molar-refractivity contribution in [1.29, 1.82) is 0 Å². The quantitative estimate of drug-likeness (QED) is 0.0551. The van der Waals surface area contributed by atoms with Crippen LogP contribution in [0.1, 0.15) is 0 Å². The number of hydrogen-bond acceptors (Lipinski definition) is 3. The average molecular weight is 1270 g/mol. The van der Waals surface area contributed by atoms with Gasteiger partial charge in [-0.05, 0) is 74.4 Å². The van der Waals surface area contributed by atoms with Crippen molar-refractivity contribution in [2.45, 2.75) is 0 Å². The zero-order valence-electron chi connectivity index (χ0n) is 50.6. The lowest BCUT2D eigenvalue weighted by Gasteiger charge is -2.45. The summed E-state index contributed by atoms with van der Waals surface area (Å²) in [6.07, 6.45) is 0. The molecule has 1 aliphatic heterocycles. The van der Waals surface area contributed by atoms with E-state index in [0.29, 0.717) is 43.3 Å². The summed E-state index contributed by atoms with van der Waals surface area (Å²) in [5.74, 6) is 1.04. The third kappa shape index (κ3) is 9.44. The zero-order valence-corrected chi connectivity index (χ0v) is 55.4. The predicted molar refractivity (Wildman–Crippen MR) is 396 cm³/mol. The zero-order chi connectivity index (χ0) is 62.0. The highest BCUT2D eigenvalue weighted by Gasteiger charge is 2.56. The fourth-order valence-electron chi connectivity index (χ4n) is 14.8. The maximum absolute atomic E-state index is 18.5. The number of ether oxygens (including phenoxy) is 1. The monoisotopic (exact) mass is 1270 g/mol. The van der Waals surface area contributed by atoms with E-state index in [0.717, 1.165) is 31.1 Å². The minimum atomic E-state index is -4.05. The second-order valence-electron chi connectivity index (χ2n) is 23.6. The maximum atomic E-state index is 18.5. The molecular formula is C84H64O3P2Si3. The molecule has 15 rings (SSSR count). The van der Waals surface area contributed by atoms with Gasteiger partial charge in [0.05, 0.1) is 10.6 Å². The Labute approximate surface area is 542 Å². The Bertz CT molecular complexity index is 4370. The van der Waals surface area contributed by atoms with Crippen LogP contribution in [0, 0.1) is 0 Å². The predicted octanol–water partition coefficient (Wildman–Crippen LogP) is 9.20. The molecule has 0 spiro atoms. The highest BCUT2D eigenvalue weighted by atomic mass is 31.2. The van der Waals surface area contributed by atoms with E-state index in [2.05, 4.69) is 267 Å². The summed E-state index contributed by atoms with van der Waals surface area (Å²) in [4.78, 5) is 0. The highest BCUT2D eigenvalue weighted by molar-refractivity contribution is 7.86. The van der Waals surface area contributed by atoms with Crippen LogP contribution in [0.5, 0.6) is 11.5 Å². The fourth-order valence-corrected chi connectivity index (χ4v) is 35.9. The largest absolute Gasteiger partial charge is 0.456 e. The number of hydrogen-bond donors (Lipinski definition) is 0. The average Bonchev–Trinajstić information content (AvgIpc) is 0.678. The van der Waals surface area contributed by atoms with E-state index in [1.54, 1.807) is 0 Å². The van der Waals surface area contributed by atoms with Gasteiger partial charge in [-0.2, -0.15) is 0 Å². The van der Waals surface area contributed by atoms with Gasteiger partial charge in [0.2, 0.25) is 0 Å². The second kappa shape index (κ2) is 24.7. The minimum Gasteiger partial charge on any atom is -0.456 e. The van der Waals surface area contributed by atoms with Crippen molar-refractivity contribution in [2.24, 2.45) is 0 Å². The van der Waals surface area contributed by atoms with E-state index < -0.39 is 38.5 Å². The van der Waals surface area contributed by atoms with Crippen LogP contribution in [-0.2, 0) is 9.13 Å². The van der Waals surface area contributed by atoms with Gasteiger partial charge >= 0.3 is 0 Å². The molecule has 14 aromatic carbocycles. The van der Waals surface area contributed by atoms with E-state index in [4.69, 9.17) is 4.74 Å². The Morgan fingerprint density at radius 1 is 0.228 bits per heavy atom. The molecule has 0 aliphatic carbocycles. The van der Waals surface area contributed by atoms with Crippen LogP contribution in [0.25, 0.3) is 0 Å². The Kier molecular flexibility index (Phi) is 15.6. The standard InChI is InChI=1S/C84H64O3P2Si3/c85-88(65-37-13-1-14-38-65,66-39-15-2-16-40-66)79-61-77(90(69-45-21-5-22-46-69,70-47-23-6-24-48-70)71-49-25-7-26-50-71)63-81-83(79)87-84-80(89(86,67-41-17-3-18-42-67)68-43-19-4-20-44-68)62-78(64-82(84)92(81,75-57-33-11-34-58-75)76-59-35-12-36-60-76)91(72-51-27-8-28-52-72,73-53-29-9-30-54-73)74-55-31-10-32-56-74/h1-64H. The SMILES string of the molecule is O=P(c1ccccc1)(c1ccccc1)c1cc([Si](c2ccccc2)(c2ccccc2)c2ccccc2)cc2c1Oc1c(cc([Si](c3ccccc3)(c3ccccc3)c3ccccc3)cc1P(=O)(c1ccccc1)c1ccccc1)[Si]2(c1ccccc1)c1ccccc1. The van der Waals surface area contributed by atoms with Crippen LogP contribution in [0.3, 0.4) is 0 Å². The lowest BCUT2D eigenvalue weighted by atomic mass is 10.3. The van der Waals surface area contributed by atoms with E-state index >= 15 is 9.13 Å². The molecule has 0 saturated heterocycles. The Hall–Kier alpha value is -10.0. The molecule has 14 aromatic rings. The van der Waals surface area contributed by atoms with Crippen LogP contribution in [-0.4, -0.2) is 24.2 Å². The third-order valence-electron chi connectivity index (χ3n) is 18.8. The molecule has 0 aromatic heterocycles. The summed E-state index contributed by atoms with van der Waals surface area (Å²) < 4.78 is 45.3. The first kappa shape index (κ1) is 58.4. The molecule has 8 heteroatoms. The lowest BCUT2D eigenvalue weighted by molar-refractivity contribution is 0.493. The van der Waals surface area contributed by atoms with E-state index in [1.807, 2.05) is 121 Å². The molecule has 3 nitrogen and oxygen atoms in total. The number of rotatable bonds is 16. The summed E-state index contributed by atoms with van der Waals surface area (Å²) >= 11 is 0. The summed E-state index contributed by atoms with van der Waals surface area (Å²) in [5, 5.41) is 17.2. The van der Waals surface area contributed by atoms with Crippen LogP contribution < -0.4 is 98.8 Å². The highest BCUT2D eigenvalue weighted by Crippen LogP contribution is 2.50. The van der Waals surface area contributed by atoms with E-state index in [-0.39, 0.29) is 0 Å². The first-order valence-electron chi connectivity index (χ1n) is 31.4. The Balaban J connectivity index is 1.23. The Morgan fingerprint density at radius 2 is 0.424 bits per heavy atom. The summed E-state index contributed by atoms with van der Waals surface area (Å²) in [6, 6.07) is 138. The first-order valence-corrected chi connectivity index (χ1v) is 40.8. The molecule has 0 unspecified atom stereocenters. The number of benzene rings is 14. The van der Waals surface area contributed by atoms with Gasteiger partial charge in [-0.25, -0.2) is 0 Å². The maximum Gasteiger partial charge on any atom is 0.188 e. The van der Waals surface area contributed by atoms with E-state index in [9.17, 15) is 0 Å². The van der Waals surface area contributed by atoms with Crippen molar-refractivity contribution < 1.29 is 13.9 Å². The van der Waals surface area contributed by atoms with Crippen molar-refractivity contribution in [2.75, 3.05) is 0 Å². The van der Waals surface area contributed by atoms with Gasteiger partial charge in [0, 0.05) is 21.2 Å². The van der Waals surface area contributed by atoms with Crippen molar-refractivity contribution in [3.63, 3.8) is 0 Å². The van der Waals surface area contributed by atoms with Crippen LogP contribution in [0.4, 0.5) is 0 Å². The molecule has 0 saturated carbocycles. The van der Waals surface area contributed by atoms with Gasteiger partial charge in [0.15, 0.2) is 38.5 Å². The molecule has 0 amide bonds. The van der Waals surface area contributed by atoms with Crippen molar-refractivity contribution in [1.82, 2.24) is 0 Å². The van der Waals surface area contributed by atoms with Gasteiger partial charge in [0.1, 0.15) is 11.5 Å². The molecule has 0 fully saturated rings. The molecular weight excluding hydrogens is 1200 g/mol. The van der Waals surface area contributed by atoms with Crippen molar-refractivity contribution in [3.8, 4) is 11.5 Å². The molecule has 0 bridgehead atoms. The molecule has 92 heavy (non-hydrogen) atoms.